The van der Waals surface area contributed by atoms with Crippen molar-refractivity contribution in [2.45, 2.75) is 26.2 Å². The van der Waals surface area contributed by atoms with Crippen molar-refractivity contribution in [2.75, 3.05) is 6.51 Å². The van der Waals surface area contributed by atoms with Crippen LogP contribution < -0.4 is 4.74 Å². The van der Waals surface area contributed by atoms with Crippen LogP contribution in [0.15, 0.2) is 24.3 Å². The molecule has 0 saturated carbocycles. The van der Waals surface area contributed by atoms with E-state index in [1.165, 1.54) is 0 Å². The Balaban J connectivity index is 2.66. The average molecular weight is 231 g/mol. The van der Waals surface area contributed by atoms with Crippen molar-refractivity contribution < 1.29 is 17.7 Å². The average Bonchev–Trinajstić information content (AvgIpc) is 2.13. The van der Waals surface area contributed by atoms with E-state index in [9.17, 15) is 12.9 Å². The first-order valence-corrected chi connectivity index (χ1v) is 5.13. The zero-order valence-electron chi connectivity index (χ0n) is 9.64. The smallest absolute Gasteiger partial charge is 0.515 e. The molecule has 0 fully saturated rings. The Morgan fingerprint density at radius 1 is 1.06 bits per heavy atom. The van der Waals surface area contributed by atoms with Crippen molar-refractivity contribution in [3.63, 3.8) is 0 Å². The summed E-state index contributed by atoms with van der Waals surface area (Å²) >= 11 is 0. The Hall–Kier alpha value is -1.13. The highest BCUT2D eigenvalue weighted by atomic mass is 19.4. The van der Waals surface area contributed by atoms with Crippen molar-refractivity contribution in [2.24, 2.45) is 0 Å². The summed E-state index contributed by atoms with van der Waals surface area (Å²) in [6.45, 7) is 0.0598. The Labute approximate surface area is 93.7 Å². The Morgan fingerprint density at radius 2 is 1.56 bits per heavy atom. The molecule has 0 aromatic heterocycles. The molecular weight excluding hydrogens is 216 g/mol. The van der Waals surface area contributed by atoms with Gasteiger partial charge in [-0.05, 0) is 23.1 Å². The summed E-state index contributed by atoms with van der Waals surface area (Å²) in [7, 11) is 0. The lowest BCUT2D eigenvalue weighted by atomic mass is 9.87. The fraction of sp³-hybridized carbons (Fsp3) is 0.455. The summed E-state index contributed by atoms with van der Waals surface area (Å²) in [5, 5.41) is 0. The molecule has 16 heavy (non-hydrogen) atoms. The summed E-state index contributed by atoms with van der Waals surface area (Å²) in [6.07, 6.45) is 0. The van der Waals surface area contributed by atoms with Crippen LogP contribution in [0.1, 0.15) is 26.3 Å². The van der Waals surface area contributed by atoms with Gasteiger partial charge in [0.25, 0.3) is 0 Å². The maximum Gasteiger partial charge on any atom is 0.515 e. The second kappa shape index (κ2) is 4.40. The molecule has 0 heterocycles. The molecule has 0 N–H and O–H groups in total. The minimum Gasteiger partial charge on any atom is -0.522 e. The van der Waals surface area contributed by atoms with Crippen LogP contribution in [0.3, 0.4) is 0 Å². The van der Waals surface area contributed by atoms with E-state index in [1.807, 2.05) is 20.8 Å². The lowest BCUT2D eigenvalue weighted by Crippen LogP contribution is -2.26. The number of rotatable bonds is 3. The first kappa shape index (κ1) is 12.9. The SMILES string of the molecule is CC(C)(C)c1ccc(OC[B-](F)(F)F)cc1. The van der Waals surface area contributed by atoms with Gasteiger partial charge >= 0.3 is 6.98 Å². The van der Waals surface area contributed by atoms with Crippen LogP contribution in [0, 0.1) is 0 Å². The van der Waals surface area contributed by atoms with Gasteiger partial charge in [-0.2, -0.15) is 0 Å². The van der Waals surface area contributed by atoms with Gasteiger partial charge in [-0.25, -0.2) is 0 Å². The molecule has 0 unspecified atom stereocenters. The first-order valence-electron chi connectivity index (χ1n) is 5.13. The third-order valence-corrected chi connectivity index (χ3v) is 2.16. The van der Waals surface area contributed by atoms with Crippen molar-refractivity contribution in [1.82, 2.24) is 0 Å². The van der Waals surface area contributed by atoms with Crippen LogP contribution >= 0.6 is 0 Å². The predicted octanol–water partition coefficient (Wildman–Crippen LogP) is 3.75. The molecule has 90 valence electrons. The zero-order chi connectivity index (χ0) is 12.4. The van der Waals surface area contributed by atoms with E-state index in [-0.39, 0.29) is 11.2 Å². The maximum absolute atomic E-state index is 11.9. The topological polar surface area (TPSA) is 9.23 Å². The molecular formula is C11H15BF3O-. The number of hydrogen-bond donors (Lipinski definition) is 0. The Bertz CT molecular complexity index is 338. The molecule has 0 spiro atoms. The van der Waals surface area contributed by atoms with E-state index in [0.29, 0.717) is 0 Å². The van der Waals surface area contributed by atoms with Crippen molar-refractivity contribution in [3.05, 3.63) is 29.8 Å². The van der Waals surface area contributed by atoms with Gasteiger partial charge in [0.2, 0.25) is 0 Å². The Kier molecular flexibility index (Phi) is 3.56. The van der Waals surface area contributed by atoms with Gasteiger partial charge < -0.3 is 17.7 Å². The molecule has 5 heteroatoms. The summed E-state index contributed by atoms with van der Waals surface area (Å²) in [5.74, 6) is 0.257. The molecule has 0 aliphatic carbocycles. The van der Waals surface area contributed by atoms with Crippen LogP contribution in [0.4, 0.5) is 12.9 Å². The lowest BCUT2D eigenvalue weighted by Gasteiger charge is -2.20. The minimum absolute atomic E-state index is 0.00745. The molecule has 0 atom stereocenters. The highest BCUT2D eigenvalue weighted by Gasteiger charge is 2.24. The van der Waals surface area contributed by atoms with Gasteiger partial charge in [-0.1, -0.05) is 32.9 Å². The number of ether oxygens (including phenoxy) is 1. The molecule has 1 aromatic carbocycles. The van der Waals surface area contributed by atoms with E-state index in [2.05, 4.69) is 4.74 Å². The minimum atomic E-state index is -4.88. The second-order valence-corrected chi connectivity index (χ2v) is 4.80. The monoisotopic (exact) mass is 231 g/mol. The highest BCUT2D eigenvalue weighted by Crippen LogP contribution is 2.24. The molecule has 0 radical (unpaired) electrons. The molecule has 1 rings (SSSR count). The van der Waals surface area contributed by atoms with Gasteiger partial charge in [0, 0.05) is 0 Å². The van der Waals surface area contributed by atoms with Crippen LogP contribution in [-0.4, -0.2) is 13.5 Å². The van der Waals surface area contributed by atoms with Crippen LogP contribution in [0.5, 0.6) is 5.75 Å². The van der Waals surface area contributed by atoms with Gasteiger partial charge in [-0.15, -0.1) is 0 Å². The number of benzene rings is 1. The largest absolute Gasteiger partial charge is 0.522 e. The second-order valence-electron chi connectivity index (χ2n) is 4.80. The molecule has 0 aliphatic heterocycles. The fourth-order valence-electron chi connectivity index (χ4n) is 1.24. The van der Waals surface area contributed by atoms with Crippen LogP contribution in [-0.2, 0) is 5.41 Å². The third-order valence-electron chi connectivity index (χ3n) is 2.16. The van der Waals surface area contributed by atoms with E-state index < -0.39 is 13.5 Å². The third kappa shape index (κ3) is 4.17. The van der Waals surface area contributed by atoms with E-state index in [0.717, 1.165) is 5.56 Å². The maximum atomic E-state index is 11.9. The van der Waals surface area contributed by atoms with E-state index in [4.69, 9.17) is 0 Å². The van der Waals surface area contributed by atoms with Gasteiger partial charge in [-0.3, -0.25) is 0 Å². The van der Waals surface area contributed by atoms with Gasteiger partial charge in [0.1, 0.15) is 5.75 Å². The molecule has 0 saturated heterocycles. The Morgan fingerprint density at radius 3 is 1.94 bits per heavy atom. The summed E-state index contributed by atoms with van der Waals surface area (Å²) in [5.41, 5.74) is 1.06. The van der Waals surface area contributed by atoms with Crippen molar-refractivity contribution in [1.29, 1.82) is 0 Å². The molecule has 0 amide bonds. The predicted molar refractivity (Wildman–Crippen MR) is 59.7 cm³/mol. The van der Waals surface area contributed by atoms with Crippen molar-refractivity contribution >= 4 is 6.98 Å². The standard InChI is InChI=1S/C11H15BF3O/c1-11(2,3)9-4-6-10(7-5-9)16-8-12(13,14)15/h4-7H,8H2,1-3H3/q-1. The number of halogens is 3. The molecule has 1 nitrogen and oxygen atoms in total. The quantitative estimate of drug-likeness (QED) is 0.719. The van der Waals surface area contributed by atoms with Crippen LogP contribution in [0.25, 0.3) is 0 Å². The normalized spacial score (nSPS) is 12.6. The molecule has 0 bridgehead atoms. The van der Waals surface area contributed by atoms with Gasteiger partial charge in [0.15, 0.2) is 0 Å². The molecule has 0 aliphatic rings. The number of hydrogen-bond acceptors (Lipinski definition) is 1. The molecule has 1 aromatic rings. The fourth-order valence-corrected chi connectivity index (χ4v) is 1.24. The highest BCUT2D eigenvalue weighted by molar-refractivity contribution is 6.58. The summed E-state index contributed by atoms with van der Waals surface area (Å²) < 4.78 is 40.5. The summed E-state index contributed by atoms with van der Waals surface area (Å²) in [4.78, 5) is 0. The first-order chi connectivity index (χ1) is 7.18. The van der Waals surface area contributed by atoms with Crippen molar-refractivity contribution in [3.8, 4) is 5.75 Å². The van der Waals surface area contributed by atoms with E-state index >= 15 is 0 Å². The van der Waals surface area contributed by atoms with Crippen LogP contribution in [0.2, 0.25) is 0 Å². The van der Waals surface area contributed by atoms with Gasteiger partial charge in [0.05, 0.1) is 6.51 Å². The van der Waals surface area contributed by atoms with E-state index in [1.54, 1.807) is 24.3 Å². The lowest BCUT2D eigenvalue weighted by molar-refractivity contribution is 0.313. The zero-order valence-corrected chi connectivity index (χ0v) is 9.64. The summed E-state index contributed by atoms with van der Waals surface area (Å²) in [6, 6.07) is 6.72.